The van der Waals surface area contributed by atoms with Crippen molar-refractivity contribution >= 4 is 17.5 Å². The first-order chi connectivity index (χ1) is 14.1. The number of halogens is 1. The molecule has 29 heavy (non-hydrogen) atoms. The van der Waals surface area contributed by atoms with Gasteiger partial charge in [-0.3, -0.25) is 4.79 Å². The van der Waals surface area contributed by atoms with Crippen LogP contribution in [0.4, 0.5) is 0 Å². The van der Waals surface area contributed by atoms with Crippen molar-refractivity contribution in [2.45, 2.75) is 31.7 Å². The van der Waals surface area contributed by atoms with Crippen LogP contribution >= 0.6 is 11.6 Å². The molecule has 1 aliphatic heterocycles. The van der Waals surface area contributed by atoms with Crippen LogP contribution < -0.4 is 4.74 Å². The second-order valence-corrected chi connectivity index (χ2v) is 7.58. The number of oxazole rings is 1. The third-order valence-corrected chi connectivity index (χ3v) is 5.54. The lowest BCUT2D eigenvalue weighted by atomic mass is 10.0. The molecule has 1 unspecified atom stereocenters. The van der Waals surface area contributed by atoms with E-state index >= 15 is 0 Å². The van der Waals surface area contributed by atoms with Crippen LogP contribution in [0.1, 0.15) is 36.8 Å². The summed E-state index contributed by atoms with van der Waals surface area (Å²) >= 11 is 5.93. The van der Waals surface area contributed by atoms with Crippen LogP contribution in [-0.4, -0.2) is 29.4 Å². The van der Waals surface area contributed by atoms with Crippen molar-refractivity contribution in [3.05, 3.63) is 71.2 Å². The molecule has 0 N–H and O–H groups in total. The number of aryl methyl sites for hydroxylation is 1. The van der Waals surface area contributed by atoms with Crippen LogP contribution in [0.2, 0.25) is 5.02 Å². The van der Waals surface area contributed by atoms with Crippen LogP contribution in [0, 0.1) is 0 Å². The van der Waals surface area contributed by atoms with Crippen molar-refractivity contribution in [1.29, 1.82) is 0 Å². The molecule has 0 saturated carbocycles. The minimum Gasteiger partial charge on any atom is -0.497 e. The molecule has 2 heterocycles. The molecule has 1 saturated heterocycles. The number of aromatic nitrogens is 1. The molecule has 4 rings (SSSR count). The maximum atomic E-state index is 12.9. The van der Waals surface area contributed by atoms with Gasteiger partial charge in [-0.25, -0.2) is 4.98 Å². The number of methoxy groups -OCH3 is 1. The third kappa shape index (κ3) is 4.46. The molecule has 1 fully saturated rings. The van der Waals surface area contributed by atoms with E-state index < -0.39 is 0 Å². The Hall–Kier alpha value is -2.79. The molecule has 1 aliphatic rings. The third-order valence-electron chi connectivity index (χ3n) is 5.29. The first kappa shape index (κ1) is 19.5. The minimum atomic E-state index is 0.104. The Morgan fingerprint density at radius 3 is 2.90 bits per heavy atom. The van der Waals surface area contributed by atoms with Gasteiger partial charge in [0.2, 0.25) is 5.91 Å². The van der Waals surface area contributed by atoms with Gasteiger partial charge >= 0.3 is 0 Å². The zero-order valence-electron chi connectivity index (χ0n) is 16.3. The molecule has 1 amide bonds. The minimum absolute atomic E-state index is 0.104. The summed E-state index contributed by atoms with van der Waals surface area (Å²) in [6.07, 6.45) is 4.53. The van der Waals surface area contributed by atoms with Crippen LogP contribution in [0.15, 0.2) is 59.1 Å². The Morgan fingerprint density at radius 2 is 2.10 bits per heavy atom. The van der Waals surface area contributed by atoms with E-state index in [0.717, 1.165) is 36.3 Å². The summed E-state index contributed by atoms with van der Waals surface area (Å²) in [5.74, 6) is 2.19. The lowest BCUT2D eigenvalue weighted by molar-refractivity contribution is -0.132. The van der Waals surface area contributed by atoms with E-state index in [-0.39, 0.29) is 11.9 Å². The molecular weight excluding hydrogens is 388 g/mol. The molecule has 5 nitrogen and oxygen atoms in total. The van der Waals surface area contributed by atoms with Crippen molar-refractivity contribution in [1.82, 2.24) is 9.88 Å². The summed E-state index contributed by atoms with van der Waals surface area (Å²) < 4.78 is 11.2. The number of hydrogen-bond acceptors (Lipinski definition) is 4. The molecule has 0 radical (unpaired) electrons. The van der Waals surface area contributed by atoms with E-state index in [1.807, 2.05) is 47.4 Å². The number of carbonyl (C=O) groups is 1. The summed E-state index contributed by atoms with van der Waals surface area (Å²) in [5, 5.41) is 0.676. The van der Waals surface area contributed by atoms with Gasteiger partial charge in [-0.1, -0.05) is 23.7 Å². The largest absolute Gasteiger partial charge is 0.497 e. The van der Waals surface area contributed by atoms with Crippen LogP contribution in [-0.2, 0) is 11.2 Å². The fraction of sp³-hybridized carbons (Fsp3) is 0.304. The molecule has 0 bridgehead atoms. The lowest BCUT2D eigenvalue weighted by Crippen LogP contribution is -2.30. The van der Waals surface area contributed by atoms with Crippen molar-refractivity contribution in [3.63, 3.8) is 0 Å². The van der Waals surface area contributed by atoms with Gasteiger partial charge in [0.1, 0.15) is 5.75 Å². The fourth-order valence-electron chi connectivity index (χ4n) is 3.79. The molecule has 3 aromatic rings. The van der Waals surface area contributed by atoms with E-state index in [1.165, 1.54) is 0 Å². The van der Waals surface area contributed by atoms with Gasteiger partial charge < -0.3 is 14.1 Å². The Balaban J connectivity index is 1.39. The number of carbonyl (C=O) groups excluding carboxylic acids is 1. The predicted molar refractivity (Wildman–Crippen MR) is 112 cm³/mol. The second kappa shape index (κ2) is 8.70. The molecule has 150 valence electrons. The molecule has 2 aromatic carbocycles. The highest BCUT2D eigenvalue weighted by molar-refractivity contribution is 6.30. The number of ether oxygens (including phenoxy) is 1. The number of amides is 1. The predicted octanol–water partition coefficient (Wildman–Crippen LogP) is 5.30. The molecule has 1 aromatic heterocycles. The maximum absolute atomic E-state index is 12.9. The van der Waals surface area contributed by atoms with Gasteiger partial charge in [-0.15, -0.1) is 0 Å². The molecule has 1 atom stereocenters. The van der Waals surface area contributed by atoms with E-state index in [9.17, 15) is 4.79 Å². The Labute approximate surface area is 175 Å². The van der Waals surface area contributed by atoms with Crippen molar-refractivity contribution in [2.75, 3.05) is 13.7 Å². The molecule has 0 spiro atoms. The number of hydrogen-bond donors (Lipinski definition) is 0. The van der Waals surface area contributed by atoms with Gasteiger partial charge in [0.25, 0.3) is 0 Å². The van der Waals surface area contributed by atoms with Gasteiger partial charge in [0, 0.05) is 30.0 Å². The summed E-state index contributed by atoms with van der Waals surface area (Å²) in [6, 6.07) is 15.5. The van der Waals surface area contributed by atoms with Crippen molar-refractivity contribution in [3.8, 4) is 17.1 Å². The Morgan fingerprint density at radius 1 is 1.28 bits per heavy atom. The zero-order chi connectivity index (χ0) is 20.2. The van der Waals surface area contributed by atoms with E-state index in [2.05, 4.69) is 11.1 Å². The van der Waals surface area contributed by atoms with Gasteiger partial charge in [0.15, 0.2) is 11.7 Å². The van der Waals surface area contributed by atoms with E-state index in [4.69, 9.17) is 20.8 Å². The van der Waals surface area contributed by atoms with Crippen LogP contribution in [0.25, 0.3) is 11.3 Å². The van der Waals surface area contributed by atoms with Gasteiger partial charge in [-0.05, 0) is 54.8 Å². The lowest BCUT2D eigenvalue weighted by Gasteiger charge is -2.25. The van der Waals surface area contributed by atoms with Gasteiger partial charge in [0.05, 0.1) is 19.3 Å². The molecule has 6 heteroatoms. The zero-order valence-corrected chi connectivity index (χ0v) is 17.1. The molecule has 0 aliphatic carbocycles. The summed E-state index contributed by atoms with van der Waals surface area (Å²) in [7, 11) is 1.66. The maximum Gasteiger partial charge on any atom is 0.223 e. The standard InChI is InChI=1S/C23H23ClN2O3/c1-28-19-5-2-4-17(14-19)20-6-3-13-26(20)23(27)12-11-22-25-15-21(29-22)16-7-9-18(24)10-8-16/h2,4-5,7-10,14-15,20H,3,6,11-13H2,1H3. The first-order valence-corrected chi connectivity index (χ1v) is 10.2. The number of benzene rings is 2. The summed E-state index contributed by atoms with van der Waals surface area (Å²) in [4.78, 5) is 19.2. The summed E-state index contributed by atoms with van der Waals surface area (Å²) in [5.41, 5.74) is 2.04. The molecular formula is C23H23ClN2O3. The summed E-state index contributed by atoms with van der Waals surface area (Å²) in [6.45, 7) is 0.780. The SMILES string of the molecule is COc1cccc(C2CCCN2C(=O)CCc2ncc(-c3ccc(Cl)cc3)o2)c1. The van der Waals surface area contributed by atoms with Crippen LogP contribution in [0.3, 0.4) is 0 Å². The topological polar surface area (TPSA) is 55.6 Å². The monoisotopic (exact) mass is 410 g/mol. The quantitative estimate of drug-likeness (QED) is 0.553. The normalized spacial score (nSPS) is 16.2. The highest BCUT2D eigenvalue weighted by Crippen LogP contribution is 2.34. The number of likely N-dealkylation sites (tertiary alicyclic amines) is 1. The van der Waals surface area contributed by atoms with Crippen LogP contribution in [0.5, 0.6) is 5.75 Å². The average Bonchev–Trinajstić information content (AvgIpc) is 3.42. The van der Waals surface area contributed by atoms with E-state index in [0.29, 0.717) is 29.5 Å². The van der Waals surface area contributed by atoms with Crippen molar-refractivity contribution < 1.29 is 13.9 Å². The first-order valence-electron chi connectivity index (χ1n) is 9.78. The van der Waals surface area contributed by atoms with Crippen molar-refractivity contribution in [2.24, 2.45) is 0 Å². The average molecular weight is 411 g/mol. The smallest absolute Gasteiger partial charge is 0.223 e. The Kier molecular flexibility index (Phi) is 5.86. The highest BCUT2D eigenvalue weighted by atomic mass is 35.5. The van der Waals surface area contributed by atoms with E-state index in [1.54, 1.807) is 13.3 Å². The Bertz CT molecular complexity index is 984. The number of nitrogens with zero attached hydrogens (tertiary/aromatic N) is 2. The fourth-order valence-corrected chi connectivity index (χ4v) is 3.92. The highest BCUT2D eigenvalue weighted by Gasteiger charge is 2.30. The second-order valence-electron chi connectivity index (χ2n) is 7.15. The van der Waals surface area contributed by atoms with Gasteiger partial charge in [-0.2, -0.15) is 0 Å². The number of rotatable bonds is 6.